The Kier molecular flexibility index (Phi) is 9.08. The van der Waals surface area contributed by atoms with Gasteiger partial charge in [0.25, 0.3) is 0 Å². The molecule has 2 bridgehead atoms. The van der Waals surface area contributed by atoms with Crippen LogP contribution in [0.5, 0.6) is 0 Å². The smallest absolute Gasteiger partial charge is 0.308 e. The second-order valence-electron chi connectivity index (χ2n) is 12.6. The Hall–Kier alpha value is -2.64. The normalized spacial score (nSPS) is 34.5. The van der Waals surface area contributed by atoms with Gasteiger partial charge >= 0.3 is 23.9 Å². The molecule has 8 nitrogen and oxygen atoms in total. The second kappa shape index (κ2) is 11.5. The number of esters is 4. The van der Waals surface area contributed by atoms with E-state index in [0.29, 0.717) is 37.7 Å². The Bertz CT molecular complexity index is 1050. The first-order valence-electron chi connectivity index (χ1n) is 14.1. The minimum atomic E-state index is -0.704. The molecular weight excluding hydrogens is 500 g/mol. The van der Waals surface area contributed by atoms with Crippen molar-refractivity contribution in [3.05, 3.63) is 23.3 Å². The van der Waals surface area contributed by atoms with Crippen LogP contribution in [0.15, 0.2) is 23.3 Å². The Labute approximate surface area is 232 Å². The summed E-state index contributed by atoms with van der Waals surface area (Å²) in [5, 5.41) is 0. The van der Waals surface area contributed by atoms with Crippen LogP contribution in [-0.2, 0) is 38.1 Å². The molecule has 0 heterocycles. The average molecular weight is 547 g/mol. The van der Waals surface area contributed by atoms with E-state index in [4.69, 9.17) is 18.9 Å². The zero-order valence-corrected chi connectivity index (χ0v) is 25.1. The monoisotopic (exact) mass is 546 g/mol. The van der Waals surface area contributed by atoms with E-state index in [1.807, 2.05) is 34.6 Å². The number of carbonyl (C=O) groups excluding carboxylic acids is 4. The van der Waals surface area contributed by atoms with Crippen LogP contribution in [0.1, 0.15) is 94.4 Å². The van der Waals surface area contributed by atoms with Crippen LogP contribution in [0.25, 0.3) is 0 Å². The summed E-state index contributed by atoms with van der Waals surface area (Å²) in [7, 11) is 0. The predicted octanol–water partition coefficient (Wildman–Crippen LogP) is 5.48. The van der Waals surface area contributed by atoms with E-state index in [1.165, 1.54) is 20.8 Å². The van der Waals surface area contributed by atoms with E-state index in [-0.39, 0.29) is 17.9 Å². The lowest BCUT2D eigenvalue weighted by Gasteiger charge is -2.58. The first-order chi connectivity index (χ1) is 18.0. The number of ether oxygens (including phenoxy) is 4. The van der Waals surface area contributed by atoms with Crippen LogP contribution >= 0.6 is 0 Å². The lowest BCUT2D eigenvalue weighted by molar-refractivity contribution is -0.188. The van der Waals surface area contributed by atoms with E-state index < -0.39 is 59.0 Å². The maximum atomic E-state index is 13.1. The lowest BCUT2D eigenvalue weighted by atomic mass is 9.50. The third kappa shape index (κ3) is 6.09. The largest absolute Gasteiger partial charge is 0.461 e. The van der Waals surface area contributed by atoms with Gasteiger partial charge in [0.05, 0.1) is 5.92 Å². The van der Waals surface area contributed by atoms with Crippen molar-refractivity contribution in [3.8, 4) is 0 Å². The van der Waals surface area contributed by atoms with Crippen molar-refractivity contribution in [3.63, 3.8) is 0 Å². The van der Waals surface area contributed by atoms with Gasteiger partial charge in [-0.25, -0.2) is 0 Å². The molecule has 0 radical (unpaired) electrons. The minimum Gasteiger partial charge on any atom is -0.461 e. The molecule has 0 unspecified atom stereocenters. The van der Waals surface area contributed by atoms with Crippen molar-refractivity contribution < 1.29 is 38.1 Å². The first-order valence-corrected chi connectivity index (χ1v) is 14.1. The molecule has 3 aliphatic carbocycles. The molecule has 0 aromatic rings. The lowest BCUT2D eigenvalue weighted by Crippen LogP contribution is -2.60. The fourth-order valence-corrected chi connectivity index (χ4v) is 7.58. The topological polar surface area (TPSA) is 105 Å². The molecule has 0 aromatic carbocycles. The molecule has 0 N–H and O–H groups in total. The molecular formula is C31H46O8. The zero-order chi connectivity index (χ0) is 29.4. The van der Waals surface area contributed by atoms with Gasteiger partial charge in [-0.05, 0) is 54.6 Å². The number of rotatable bonds is 6. The van der Waals surface area contributed by atoms with Gasteiger partial charge in [0.15, 0.2) is 0 Å². The van der Waals surface area contributed by atoms with Gasteiger partial charge in [0.1, 0.15) is 24.4 Å². The summed E-state index contributed by atoms with van der Waals surface area (Å²) in [6, 6.07) is 0. The van der Waals surface area contributed by atoms with Crippen molar-refractivity contribution in [2.24, 2.45) is 28.6 Å². The van der Waals surface area contributed by atoms with Gasteiger partial charge in [-0.3, -0.25) is 19.2 Å². The summed E-state index contributed by atoms with van der Waals surface area (Å²) in [5.41, 5.74) is 1.50. The van der Waals surface area contributed by atoms with Crippen molar-refractivity contribution in [2.75, 3.05) is 0 Å². The van der Waals surface area contributed by atoms with Gasteiger partial charge < -0.3 is 18.9 Å². The molecule has 0 spiro atoms. The van der Waals surface area contributed by atoms with Crippen LogP contribution in [0.4, 0.5) is 0 Å². The molecule has 39 heavy (non-hydrogen) atoms. The standard InChI is InChI=1S/C31H46O8/c1-11-16(2)29(35)39-23-14-17(3)25-24(37-20(6)33)15-31(10)13-12-22(36-19(5)32)18(4)26(31)28(38-21(7)34)27(23)30(25,8)9/h16,22-24,26-28H,4,11-15H2,1-3,5-10H3/t16-,22-,23-,24-,26-,27-,28-,31-/m0/s1. The number of fused-ring (bicyclic) bond motifs is 3. The van der Waals surface area contributed by atoms with Crippen LogP contribution in [0.3, 0.4) is 0 Å². The van der Waals surface area contributed by atoms with Gasteiger partial charge in [-0.2, -0.15) is 0 Å². The highest BCUT2D eigenvalue weighted by Crippen LogP contribution is 2.60. The molecule has 0 saturated heterocycles. The fourth-order valence-electron chi connectivity index (χ4n) is 7.58. The van der Waals surface area contributed by atoms with E-state index in [2.05, 4.69) is 13.5 Å². The van der Waals surface area contributed by atoms with Crippen molar-refractivity contribution in [2.45, 2.75) is 119 Å². The Morgan fingerprint density at radius 2 is 1.51 bits per heavy atom. The molecule has 2 fully saturated rings. The highest BCUT2D eigenvalue weighted by molar-refractivity contribution is 5.72. The summed E-state index contributed by atoms with van der Waals surface area (Å²) in [6.07, 6.45) is 0.463. The SMILES string of the molecule is C=C1[C@@H](OC(C)=O)CC[C@@]2(C)C[C@H](OC(C)=O)C3=C(C)C[C@H](OC(=O)[C@@H](C)CC)[C@@H]([C@@H](OC(C)=O)[C@H]12)C3(C)C. The number of hydrogen-bond donors (Lipinski definition) is 0. The molecule has 0 amide bonds. The molecule has 0 aromatic heterocycles. The summed E-state index contributed by atoms with van der Waals surface area (Å²) in [4.78, 5) is 50.1. The minimum absolute atomic E-state index is 0.281. The summed E-state index contributed by atoms with van der Waals surface area (Å²) in [5.74, 6) is -2.68. The van der Waals surface area contributed by atoms with Crippen LogP contribution in [0.2, 0.25) is 0 Å². The van der Waals surface area contributed by atoms with Crippen LogP contribution < -0.4 is 0 Å². The summed E-state index contributed by atoms with van der Waals surface area (Å²) in [6.45, 7) is 20.5. The maximum Gasteiger partial charge on any atom is 0.308 e. The Balaban J connectivity index is 2.28. The number of carbonyl (C=O) groups is 4. The van der Waals surface area contributed by atoms with Gasteiger partial charge in [-0.1, -0.05) is 46.8 Å². The van der Waals surface area contributed by atoms with Gasteiger partial charge in [0.2, 0.25) is 0 Å². The van der Waals surface area contributed by atoms with Gasteiger partial charge in [0, 0.05) is 39.0 Å². The van der Waals surface area contributed by atoms with Crippen LogP contribution in [0, 0.1) is 28.6 Å². The maximum absolute atomic E-state index is 13.1. The van der Waals surface area contributed by atoms with Crippen LogP contribution in [-0.4, -0.2) is 48.3 Å². The first kappa shape index (κ1) is 30.9. The van der Waals surface area contributed by atoms with E-state index in [9.17, 15) is 19.2 Å². The third-order valence-electron chi connectivity index (χ3n) is 9.29. The zero-order valence-electron chi connectivity index (χ0n) is 25.1. The van der Waals surface area contributed by atoms with Crippen molar-refractivity contribution in [1.29, 1.82) is 0 Å². The quantitative estimate of drug-likeness (QED) is 0.245. The van der Waals surface area contributed by atoms with E-state index in [1.54, 1.807) is 0 Å². The predicted molar refractivity (Wildman–Crippen MR) is 145 cm³/mol. The molecule has 3 aliphatic rings. The number of hydrogen-bond acceptors (Lipinski definition) is 8. The Morgan fingerprint density at radius 3 is 2.05 bits per heavy atom. The summed E-state index contributed by atoms with van der Waals surface area (Å²) >= 11 is 0. The molecule has 218 valence electrons. The van der Waals surface area contributed by atoms with E-state index in [0.717, 1.165) is 11.1 Å². The van der Waals surface area contributed by atoms with Gasteiger partial charge in [-0.15, -0.1) is 0 Å². The highest BCUT2D eigenvalue weighted by atomic mass is 16.6. The molecule has 8 atom stereocenters. The highest BCUT2D eigenvalue weighted by Gasteiger charge is 2.61. The van der Waals surface area contributed by atoms with E-state index >= 15 is 0 Å². The molecule has 0 aliphatic heterocycles. The second-order valence-corrected chi connectivity index (χ2v) is 12.6. The van der Waals surface area contributed by atoms with Crippen molar-refractivity contribution >= 4 is 23.9 Å². The molecule has 2 saturated carbocycles. The Morgan fingerprint density at radius 1 is 0.949 bits per heavy atom. The summed E-state index contributed by atoms with van der Waals surface area (Å²) < 4.78 is 24.1. The fraction of sp³-hybridized carbons (Fsp3) is 0.742. The molecule has 8 heteroatoms. The third-order valence-corrected chi connectivity index (χ3v) is 9.29. The van der Waals surface area contributed by atoms with Crippen molar-refractivity contribution in [1.82, 2.24) is 0 Å². The average Bonchev–Trinajstić information content (AvgIpc) is 2.77. The molecule has 3 rings (SSSR count).